The first-order valence-corrected chi connectivity index (χ1v) is 9.07. The van der Waals surface area contributed by atoms with Crippen LogP contribution in [0.3, 0.4) is 0 Å². The van der Waals surface area contributed by atoms with Crippen molar-refractivity contribution >= 4 is 17.5 Å². The number of hydrogen-bond acceptors (Lipinski definition) is 6. The highest BCUT2D eigenvalue weighted by Crippen LogP contribution is 2.58. The Balaban J connectivity index is 1.69. The molecule has 6 nitrogen and oxygen atoms in total. The van der Waals surface area contributed by atoms with Gasteiger partial charge in [0.05, 0.1) is 0 Å². The average Bonchev–Trinajstić information content (AvgIpc) is 2.60. The van der Waals surface area contributed by atoms with E-state index < -0.39 is 0 Å². The maximum absolute atomic E-state index is 5.70. The van der Waals surface area contributed by atoms with Crippen LogP contribution in [-0.4, -0.2) is 19.9 Å². The lowest BCUT2D eigenvalue weighted by Crippen LogP contribution is -2.40. The summed E-state index contributed by atoms with van der Waals surface area (Å²) in [5, 5.41) is 0. The maximum Gasteiger partial charge on any atom is 0.219 e. The number of nitrogens with two attached hydrogens (primary N) is 2. The fourth-order valence-corrected chi connectivity index (χ4v) is 5.53. The number of nitrogen functional groups attached to an aromatic ring is 2. The van der Waals surface area contributed by atoms with Gasteiger partial charge in [-0.1, -0.05) is 5.57 Å². The Kier molecular flexibility index (Phi) is 3.26. The minimum Gasteiger partial charge on any atom is -0.368 e. The van der Waals surface area contributed by atoms with Crippen molar-refractivity contribution in [3.05, 3.63) is 41.5 Å². The summed E-state index contributed by atoms with van der Waals surface area (Å²) in [7, 11) is 0. The molecule has 0 amide bonds. The molecule has 6 rings (SSSR count). The molecular formula is C19H22N6. The van der Waals surface area contributed by atoms with E-state index in [2.05, 4.69) is 19.9 Å². The molecule has 0 spiro atoms. The molecule has 4 bridgehead atoms. The highest BCUT2D eigenvalue weighted by atomic mass is 15.0. The van der Waals surface area contributed by atoms with Crippen molar-refractivity contribution in [2.45, 2.75) is 32.1 Å². The minimum atomic E-state index is 0.298. The Labute approximate surface area is 146 Å². The van der Waals surface area contributed by atoms with Crippen molar-refractivity contribution in [2.24, 2.45) is 23.7 Å². The second-order valence-corrected chi connectivity index (χ2v) is 7.79. The van der Waals surface area contributed by atoms with Crippen LogP contribution in [0.5, 0.6) is 0 Å². The Bertz CT molecular complexity index is 746. The lowest BCUT2D eigenvalue weighted by molar-refractivity contribution is 0.0705. The van der Waals surface area contributed by atoms with Gasteiger partial charge in [0.2, 0.25) is 11.9 Å². The van der Waals surface area contributed by atoms with Crippen molar-refractivity contribution in [1.29, 1.82) is 0 Å². The molecule has 2 aromatic heterocycles. The molecule has 4 N–H and O–H groups in total. The van der Waals surface area contributed by atoms with Crippen LogP contribution in [-0.2, 0) is 0 Å². The fraction of sp³-hybridized carbons (Fsp3) is 0.474. The molecule has 0 atom stereocenters. The Morgan fingerprint density at radius 2 is 1.08 bits per heavy atom. The van der Waals surface area contributed by atoms with Crippen LogP contribution in [0.4, 0.5) is 11.9 Å². The minimum absolute atomic E-state index is 0.298. The van der Waals surface area contributed by atoms with Crippen LogP contribution in [0.15, 0.2) is 30.4 Å². The number of nitrogens with zero attached hydrogens (tertiary/aromatic N) is 4. The van der Waals surface area contributed by atoms with Gasteiger partial charge in [-0.25, -0.2) is 19.9 Å². The monoisotopic (exact) mass is 334 g/mol. The van der Waals surface area contributed by atoms with Crippen molar-refractivity contribution in [2.75, 3.05) is 11.5 Å². The first-order chi connectivity index (χ1) is 12.2. The van der Waals surface area contributed by atoms with E-state index in [9.17, 15) is 0 Å². The van der Waals surface area contributed by atoms with Crippen molar-refractivity contribution < 1.29 is 0 Å². The van der Waals surface area contributed by atoms with Gasteiger partial charge in [-0.15, -0.1) is 0 Å². The summed E-state index contributed by atoms with van der Waals surface area (Å²) in [5.41, 5.74) is 16.2. The van der Waals surface area contributed by atoms with E-state index in [0.29, 0.717) is 23.7 Å². The maximum atomic E-state index is 5.70. The van der Waals surface area contributed by atoms with Gasteiger partial charge in [0, 0.05) is 35.9 Å². The molecule has 25 heavy (non-hydrogen) atoms. The first-order valence-electron chi connectivity index (χ1n) is 9.07. The predicted octanol–water partition coefficient (Wildman–Crippen LogP) is 2.69. The third kappa shape index (κ3) is 2.47. The van der Waals surface area contributed by atoms with Gasteiger partial charge in [0.15, 0.2) is 0 Å². The fourth-order valence-electron chi connectivity index (χ4n) is 5.53. The predicted molar refractivity (Wildman–Crippen MR) is 96.0 cm³/mol. The molecule has 4 saturated carbocycles. The van der Waals surface area contributed by atoms with Gasteiger partial charge in [0.25, 0.3) is 0 Å². The quantitative estimate of drug-likeness (QED) is 0.875. The second kappa shape index (κ2) is 5.51. The molecule has 0 unspecified atom stereocenters. The van der Waals surface area contributed by atoms with Crippen LogP contribution in [0.1, 0.15) is 43.2 Å². The summed E-state index contributed by atoms with van der Waals surface area (Å²) in [6, 6.07) is 0. The molecule has 2 heterocycles. The lowest BCUT2D eigenvalue weighted by Gasteiger charge is -2.52. The highest BCUT2D eigenvalue weighted by Gasteiger charge is 2.46. The second-order valence-electron chi connectivity index (χ2n) is 7.79. The largest absolute Gasteiger partial charge is 0.368 e. The van der Waals surface area contributed by atoms with Crippen LogP contribution in [0, 0.1) is 23.7 Å². The summed E-state index contributed by atoms with van der Waals surface area (Å²) >= 11 is 0. The number of aromatic nitrogens is 4. The third-order valence-corrected chi connectivity index (χ3v) is 6.23. The summed E-state index contributed by atoms with van der Waals surface area (Å²) in [4.78, 5) is 16.9. The molecule has 4 aliphatic carbocycles. The third-order valence-electron chi connectivity index (χ3n) is 6.23. The van der Waals surface area contributed by atoms with Crippen molar-refractivity contribution in [3.63, 3.8) is 0 Å². The van der Waals surface area contributed by atoms with Gasteiger partial charge in [-0.05, 0) is 61.3 Å². The lowest BCUT2D eigenvalue weighted by atomic mass is 9.53. The number of anilines is 2. The van der Waals surface area contributed by atoms with Crippen LogP contribution < -0.4 is 11.5 Å². The first kappa shape index (κ1) is 14.8. The smallest absolute Gasteiger partial charge is 0.219 e. The van der Waals surface area contributed by atoms with E-state index >= 15 is 0 Å². The van der Waals surface area contributed by atoms with Gasteiger partial charge in [0.1, 0.15) is 0 Å². The molecule has 128 valence electrons. The molecule has 6 heteroatoms. The summed E-state index contributed by atoms with van der Waals surface area (Å²) in [6.07, 6.45) is 14.0. The van der Waals surface area contributed by atoms with E-state index in [1.807, 2.05) is 24.8 Å². The summed E-state index contributed by atoms with van der Waals surface area (Å²) < 4.78 is 0. The number of allylic oxidation sites excluding steroid dienone is 1. The van der Waals surface area contributed by atoms with E-state index in [1.165, 1.54) is 37.7 Å². The average molecular weight is 334 g/mol. The Morgan fingerprint density at radius 1 is 0.680 bits per heavy atom. The van der Waals surface area contributed by atoms with Crippen LogP contribution >= 0.6 is 0 Å². The molecule has 4 fully saturated rings. The molecule has 0 aliphatic heterocycles. The standard InChI is InChI=1S/C19H22N6/c20-18-22-6-14(7-23-18)17(15-8-24-19(21)25-9-15)16-12-2-10-1-11(4-12)5-13(16)3-10/h6-13H,1-5H2,(H2,20,22,23)(H2,21,24,25). The number of rotatable bonds is 2. The summed E-state index contributed by atoms with van der Waals surface area (Å²) in [6.45, 7) is 0. The van der Waals surface area contributed by atoms with Crippen molar-refractivity contribution in [3.8, 4) is 0 Å². The normalized spacial score (nSPS) is 29.8. The molecule has 4 aliphatic rings. The van der Waals surface area contributed by atoms with Gasteiger partial charge in [-0.2, -0.15) is 0 Å². The Morgan fingerprint density at radius 3 is 1.48 bits per heavy atom. The summed E-state index contributed by atoms with van der Waals surface area (Å²) in [5.74, 6) is 3.76. The van der Waals surface area contributed by atoms with E-state index in [-0.39, 0.29) is 0 Å². The van der Waals surface area contributed by atoms with E-state index in [0.717, 1.165) is 23.0 Å². The number of hydrogen-bond donors (Lipinski definition) is 2. The highest BCUT2D eigenvalue weighted by molar-refractivity contribution is 5.82. The molecule has 0 radical (unpaired) electrons. The molecule has 0 aromatic carbocycles. The SMILES string of the molecule is Nc1ncc(C(=C2C3CC4CC(C3)CC2C4)c2cnc(N)nc2)cn1. The zero-order valence-corrected chi connectivity index (χ0v) is 14.1. The van der Waals surface area contributed by atoms with Gasteiger partial charge in [-0.3, -0.25) is 0 Å². The van der Waals surface area contributed by atoms with E-state index in [4.69, 9.17) is 11.5 Å². The van der Waals surface area contributed by atoms with Crippen LogP contribution in [0.25, 0.3) is 5.57 Å². The zero-order chi connectivity index (χ0) is 17.0. The topological polar surface area (TPSA) is 104 Å². The zero-order valence-electron chi connectivity index (χ0n) is 14.1. The van der Waals surface area contributed by atoms with E-state index in [1.54, 1.807) is 5.57 Å². The molecular weight excluding hydrogens is 312 g/mol. The van der Waals surface area contributed by atoms with Crippen LogP contribution in [0.2, 0.25) is 0 Å². The Hall–Kier alpha value is -2.50. The molecule has 2 aromatic rings. The van der Waals surface area contributed by atoms with Gasteiger partial charge >= 0.3 is 0 Å². The van der Waals surface area contributed by atoms with Crippen molar-refractivity contribution in [1.82, 2.24) is 19.9 Å². The van der Waals surface area contributed by atoms with Gasteiger partial charge < -0.3 is 11.5 Å². The molecule has 0 saturated heterocycles.